The van der Waals surface area contributed by atoms with Crippen LogP contribution in [0.1, 0.15) is 16.7 Å². The molecule has 0 saturated carbocycles. The van der Waals surface area contributed by atoms with Gasteiger partial charge in [0.1, 0.15) is 12.4 Å². The van der Waals surface area contributed by atoms with Gasteiger partial charge in [-0.2, -0.15) is 0 Å². The molecule has 2 heteroatoms. The van der Waals surface area contributed by atoms with E-state index in [1.54, 1.807) is 0 Å². The summed E-state index contributed by atoms with van der Waals surface area (Å²) in [5, 5.41) is 0. The van der Waals surface area contributed by atoms with E-state index in [2.05, 4.69) is 107 Å². The van der Waals surface area contributed by atoms with E-state index in [0.29, 0.717) is 0 Å². The molecule has 0 aliphatic carbocycles. The Morgan fingerprint density at radius 3 is 1.33 bits per heavy atom. The van der Waals surface area contributed by atoms with E-state index in [4.69, 9.17) is 0 Å². The van der Waals surface area contributed by atoms with Crippen molar-refractivity contribution in [1.29, 1.82) is 0 Å². The average Bonchev–Trinajstić information content (AvgIpc) is 3.20. The topological polar surface area (TPSA) is 19.7 Å². The molecular weight excluding hydrogens is 292 g/mol. The number of aromatic nitrogens is 2. The maximum absolute atomic E-state index is 3.21. The Bertz CT molecular complexity index is 786. The predicted octanol–water partition coefficient (Wildman–Crippen LogP) is 4.14. The highest BCUT2D eigenvalue weighted by atomic mass is 15.1. The molecule has 0 fully saturated rings. The third-order valence-corrected chi connectivity index (χ3v) is 4.51. The van der Waals surface area contributed by atoms with E-state index < -0.39 is 5.54 Å². The first-order valence-corrected chi connectivity index (χ1v) is 8.13. The van der Waals surface area contributed by atoms with E-state index in [1.165, 1.54) is 16.7 Å². The summed E-state index contributed by atoms with van der Waals surface area (Å²) in [6.07, 6.45) is 6.07. The second-order valence-electron chi connectivity index (χ2n) is 5.83. The van der Waals surface area contributed by atoms with Crippen LogP contribution in [0, 0.1) is 0 Å². The summed E-state index contributed by atoms with van der Waals surface area (Å²) in [6.45, 7) is 0. The Balaban J connectivity index is 2.12. The van der Waals surface area contributed by atoms with Crippen LogP contribution in [0.5, 0.6) is 0 Å². The number of hydrogen-bond acceptors (Lipinski definition) is 0. The Kier molecular flexibility index (Phi) is 3.72. The van der Waals surface area contributed by atoms with Gasteiger partial charge in [-0.25, -0.2) is 4.57 Å². The van der Waals surface area contributed by atoms with Crippen LogP contribution in [0.15, 0.2) is 110 Å². The molecule has 0 spiro atoms. The highest BCUT2D eigenvalue weighted by Gasteiger charge is 2.42. The summed E-state index contributed by atoms with van der Waals surface area (Å²) in [4.78, 5) is 3.21. The van der Waals surface area contributed by atoms with Crippen molar-refractivity contribution in [3.63, 3.8) is 0 Å². The van der Waals surface area contributed by atoms with Crippen LogP contribution < -0.4 is 4.57 Å². The average molecular weight is 311 g/mol. The second-order valence-corrected chi connectivity index (χ2v) is 5.83. The van der Waals surface area contributed by atoms with Crippen LogP contribution in [0.2, 0.25) is 0 Å². The van der Waals surface area contributed by atoms with E-state index >= 15 is 0 Å². The van der Waals surface area contributed by atoms with Gasteiger partial charge in [-0.3, -0.25) is 4.98 Å². The number of aromatic amines is 1. The first-order chi connectivity index (χ1) is 11.9. The molecule has 1 aromatic heterocycles. The minimum atomic E-state index is -0.413. The van der Waals surface area contributed by atoms with Gasteiger partial charge in [-0.05, 0) is 0 Å². The third-order valence-electron chi connectivity index (χ3n) is 4.51. The second kappa shape index (κ2) is 6.17. The first-order valence-electron chi connectivity index (χ1n) is 8.13. The lowest BCUT2D eigenvalue weighted by molar-refractivity contribution is -0.733. The van der Waals surface area contributed by atoms with Gasteiger partial charge in [-0.15, -0.1) is 0 Å². The normalized spacial score (nSPS) is 11.3. The summed E-state index contributed by atoms with van der Waals surface area (Å²) in [5.74, 6) is 0. The fraction of sp³-hybridized carbons (Fsp3) is 0.0455. The maximum atomic E-state index is 3.21. The molecule has 116 valence electrons. The molecule has 0 aliphatic heterocycles. The lowest BCUT2D eigenvalue weighted by Gasteiger charge is -2.32. The molecule has 1 heterocycles. The largest absolute Gasteiger partial charge is 0.250 e. The minimum absolute atomic E-state index is 0.413. The van der Waals surface area contributed by atoms with Crippen molar-refractivity contribution in [3.05, 3.63) is 126 Å². The molecule has 1 N–H and O–H groups in total. The van der Waals surface area contributed by atoms with Gasteiger partial charge in [-0.1, -0.05) is 91.0 Å². The number of imidazole rings is 1. The van der Waals surface area contributed by atoms with E-state index in [9.17, 15) is 0 Å². The molecule has 3 aromatic carbocycles. The number of hydrogen-bond donors (Lipinski definition) is 1. The maximum Gasteiger partial charge on any atom is 0.242 e. The lowest BCUT2D eigenvalue weighted by Crippen LogP contribution is -2.57. The van der Waals surface area contributed by atoms with Crippen LogP contribution in [0.4, 0.5) is 0 Å². The van der Waals surface area contributed by atoms with Crippen molar-refractivity contribution in [2.75, 3.05) is 0 Å². The lowest BCUT2D eigenvalue weighted by atomic mass is 9.77. The number of rotatable bonds is 4. The zero-order chi connectivity index (χ0) is 16.2. The van der Waals surface area contributed by atoms with Gasteiger partial charge in [0, 0.05) is 16.7 Å². The molecule has 0 radical (unpaired) electrons. The Hall–Kier alpha value is -3.13. The van der Waals surface area contributed by atoms with Gasteiger partial charge in [0.05, 0.1) is 0 Å². The van der Waals surface area contributed by atoms with Crippen molar-refractivity contribution in [2.45, 2.75) is 5.54 Å². The van der Waals surface area contributed by atoms with E-state index in [-0.39, 0.29) is 0 Å². The molecule has 0 atom stereocenters. The molecular formula is C22H19N2+. The molecule has 4 rings (SSSR count). The monoisotopic (exact) mass is 311 g/mol. The van der Waals surface area contributed by atoms with Crippen molar-refractivity contribution < 1.29 is 4.57 Å². The van der Waals surface area contributed by atoms with Crippen LogP contribution in [-0.2, 0) is 5.54 Å². The van der Waals surface area contributed by atoms with Crippen LogP contribution in [-0.4, -0.2) is 4.98 Å². The predicted molar refractivity (Wildman–Crippen MR) is 95.6 cm³/mol. The number of H-pyrrole nitrogens is 1. The fourth-order valence-electron chi connectivity index (χ4n) is 3.48. The number of nitrogens with one attached hydrogen (secondary N) is 1. The number of nitrogens with zero attached hydrogens (tertiary/aromatic N) is 1. The molecule has 0 amide bonds. The quantitative estimate of drug-likeness (QED) is 0.432. The van der Waals surface area contributed by atoms with Crippen LogP contribution >= 0.6 is 0 Å². The Morgan fingerprint density at radius 2 is 1.00 bits per heavy atom. The molecule has 2 nitrogen and oxygen atoms in total. The molecule has 0 bridgehead atoms. The molecule has 4 aromatic rings. The molecule has 24 heavy (non-hydrogen) atoms. The summed E-state index contributed by atoms with van der Waals surface area (Å²) in [5.41, 5.74) is 3.27. The Labute approximate surface area is 142 Å². The number of benzene rings is 3. The van der Waals surface area contributed by atoms with Crippen molar-refractivity contribution in [2.24, 2.45) is 0 Å². The Morgan fingerprint density at radius 1 is 0.583 bits per heavy atom. The van der Waals surface area contributed by atoms with Crippen molar-refractivity contribution in [3.8, 4) is 0 Å². The summed E-state index contributed by atoms with van der Waals surface area (Å²) in [7, 11) is 0. The van der Waals surface area contributed by atoms with Crippen molar-refractivity contribution >= 4 is 0 Å². The summed E-state index contributed by atoms with van der Waals surface area (Å²) >= 11 is 0. The van der Waals surface area contributed by atoms with Gasteiger partial charge in [0.15, 0.2) is 5.54 Å². The van der Waals surface area contributed by atoms with Gasteiger partial charge < -0.3 is 0 Å². The molecule has 0 aliphatic rings. The minimum Gasteiger partial charge on any atom is -0.250 e. The van der Waals surface area contributed by atoms with Crippen LogP contribution in [0.3, 0.4) is 0 Å². The third kappa shape index (κ3) is 2.24. The summed E-state index contributed by atoms with van der Waals surface area (Å²) < 4.78 is 2.24. The van der Waals surface area contributed by atoms with E-state index in [1.807, 2.05) is 12.5 Å². The highest BCUT2D eigenvalue weighted by molar-refractivity contribution is 5.46. The standard InChI is InChI=1S/C22H18N2/c1-4-10-19(11-5-1)22(24-17-16-23-18-24,20-12-6-2-7-13-20)21-14-8-3-9-15-21/h1-18H/p+1. The SMILES string of the molecule is c1ccc(C(c2ccccc2)(c2ccccc2)[n+]2cc[nH]c2)cc1. The smallest absolute Gasteiger partial charge is 0.242 e. The highest BCUT2D eigenvalue weighted by Crippen LogP contribution is 2.35. The van der Waals surface area contributed by atoms with Gasteiger partial charge in [0.2, 0.25) is 6.33 Å². The zero-order valence-corrected chi connectivity index (χ0v) is 13.3. The van der Waals surface area contributed by atoms with Gasteiger partial charge in [0.25, 0.3) is 0 Å². The molecule has 0 unspecified atom stereocenters. The fourth-order valence-corrected chi connectivity index (χ4v) is 3.48. The van der Waals surface area contributed by atoms with Crippen molar-refractivity contribution in [1.82, 2.24) is 4.98 Å². The zero-order valence-electron chi connectivity index (χ0n) is 13.3. The van der Waals surface area contributed by atoms with E-state index in [0.717, 1.165) is 0 Å². The first kappa shape index (κ1) is 14.5. The van der Waals surface area contributed by atoms with Gasteiger partial charge >= 0.3 is 0 Å². The van der Waals surface area contributed by atoms with Crippen LogP contribution in [0.25, 0.3) is 0 Å². The molecule has 0 saturated heterocycles. The summed E-state index contributed by atoms with van der Waals surface area (Å²) in [6, 6.07) is 32.0.